The molecule has 1 heterocycles. The molecule has 1 atom stereocenters. The van der Waals surface area contributed by atoms with Gasteiger partial charge in [0.15, 0.2) is 0 Å². The minimum absolute atomic E-state index is 0.170. The second-order valence-electron chi connectivity index (χ2n) is 5.62. The van der Waals surface area contributed by atoms with Crippen molar-refractivity contribution in [2.24, 2.45) is 0 Å². The fourth-order valence-corrected chi connectivity index (χ4v) is 4.82. The zero-order valence-corrected chi connectivity index (χ0v) is 14.7. The Bertz CT molecular complexity index is 999. The maximum Gasteiger partial charge on any atom is 0.240 e. The molecule has 0 aliphatic rings. The van der Waals surface area contributed by atoms with Crippen molar-refractivity contribution < 1.29 is 8.42 Å². The largest absolute Gasteiger partial charge is 0.240 e. The highest BCUT2D eigenvalue weighted by molar-refractivity contribution is 7.89. The normalized spacial score (nSPS) is 12.8. The summed E-state index contributed by atoms with van der Waals surface area (Å²) in [7, 11) is -3.60. The van der Waals surface area contributed by atoms with Crippen LogP contribution in [0.5, 0.6) is 0 Å². The van der Waals surface area contributed by atoms with E-state index in [0.29, 0.717) is 12.0 Å². The van der Waals surface area contributed by atoms with E-state index in [1.54, 1.807) is 11.3 Å². The molecule has 0 radical (unpaired) electrons. The predicted molar refractivity (Wildman–Crippen MR) is 96.5 cm³/mol. The lowest BCUT2D eigenvalue weighted by Crippen LogP contribution is -2.34. The van der Waals surface area contributed by atoms with E-state index in [2.05, 4.69) is 22.2 Å². The van der Waals surface area contributed by atoms with Gasteiger partial charge in [0.05, 0.1) is 16.5 Å². The summed E-state index contributed by atoms with van der Waals surface area (Å²) < 4.78 is 28.8. The van der Waals surface area contributed by atoms with Crippen molar-refractivity contribution in [3.8, 4) is 6.07 Å². The van der Waals surface area contributed by atoms with E-state index in [4.69, 9.17) is 5.26 Å². The summed E-state index contributed by atoms with van der Waals surface area (Å²) in [5.74, 6) is 0. The molecular formula is C18H16N2O2S2. The number of fused-ring (bicyclic) bond motifs is 1. The van der Waals surface area contributed by atoms with Crippen molar-refractivity contribution in [2.75, 3.05) is 0 Å². The minimum atomic E-state index is -3.60. The van der Waals surface area contributed by atoms with Crippen LogP contribution in [0.25, 0.3) is 10.1 Å². The van der Waals surface area contributed by atoms with Gasteiger partial charge in [-0.3, -0.25) is 0 Å². The van der Waals surface area contributed by atoms with Crippen LogP contribution < -0.4 is 4.72 Å². The van der Waals surface area contributed by atoms with E-state index in [1.165, 1.54) is 34.4 Å². The molecule has 3 rings (SSSR count). The highest BCUT2D eigenvalue weighted by Crippen LogP contribution is 2.26. The monoisotopic (exact) mass is 356 g/mol. The Morgan fingerprint density at radius 2 is 1.88 bits per heavy atom. The summed E-state index contributed by atoms with van der Waals surface area (Å²) >= 11 is 1.67. The van der Waals surface area contributed by atoms with Gasteiger partial charge in [-0.1, -0.05) is 18.2 Å². The third-order valence-corrected chi connectivity index (χ3v) is 6.36. The highest BCUT2D eigenvalue weighted by atomic mass is 32.2. The fraction of sp³-hybridized carbons (Fsp3) is 0.167. The molecule has 0 unspecified atom stereocenters. The van der Waals surface area contributed by atoms with Crippen molar-refractivity contribution in [3.63, 3.8) is 0 Å². The first kappa shape index (κ1) is 16.7. The Morgan fingerprint density at radius 1 is 1.17 bits per heavy atom. The summed E-state index contributed by atoms with van der Waals surface area (Å²) in [5.41, 5.74) is 1.58. The zero-order valence-electron chi connectivity index (χ0n) is 13.1. The second kappa shape index (κ2) is 6.73. The molecule has 0 aliphatic heterocycles. The van der Waals surface area contributed by atoms with Gasteiger partial charge in [-0.05, 0) is 60.0 Å². The van der Waals surface area contributed by atoms with Gasteiger partial charge in [0.2, 0.25) is 10.0 Å². The molecule has 1 aromatic heterocycles. The highest BCUT2D eigenvalue weighted by Gasteiger charge is 2.18. The van der Waals surface area contributed by atoms with E-state index < -0.39 is 10.0 Å². The molecule has 6 heteroatoms. The average Bonchev–Trinajstić information content (AvgIpc) is 2.97. The first-order valence-electron chi connectivity index (χ1n) is 7.47. The smallest absolute Gasteiger partial charge is 0.208 e. The van der Waals surface area contributed by atoms with Gasteiger partial charge in [-0.15, -0.1) is 11.3 Å². The Labute approximate surface area is 145 Å². The zero-order chi connectivity index (χ0) is 17.2. The molecule has 0 saturated carbocycles. The van der Waals surface area contributed by atoms with Crippen LogP contribution in [-0.4, -0.2) is 14.5 Å². The van der Waals surface area contributed by atoms with Crippen LogP contribution >= 0.6 is 11.3 Å². The first-order chi connectivity index (χ1) is 11.5. The molecule has 1 N–H and O–H groups in total. The average molecular weight is 356 g/mol. The number of thiophene rings is 1. The number of nitrogens with zero attached hydrogens (tertiary/aromatic N) is 1. The Kier molecular flexibility index (Phi) is 4.67. The maximum atomic E-state index is 12.4. The van der Waals surface area contributed by atoms with Crippen molar-refractivity contribution >= 4 is 31.4 Å². The van der Waals surface area contributed by atoms with Crippen molar-refractivity contribution in [1.82, 2.24) is 4.72 Å². The van der Waals surface area contributed by atoms with Gasteiger partial charge < -0.3 is 0 Å². The lowest BCUT2D eigenvalue weighted by Gasteiger charge is -2.14. The van der Waals surface area contributed by atoms with Gasteiger partial charge >= 0.3 is 0 Å². The number of rotatable bonds is 5. The van der Waals surface area contributed by atoms with Gasteiger partial charge in [0.25, 0.3) is 0 Å². The summed E-state index contributed by atoms with van der Waals surface area (Å²) in [6.45, 7) is 1.85. The number of hydrogen-bond acceptors (Lipinski definition) is 4. The lowest BCUT2D eigenvalue weighted by atomic mass is 10.1. The SMILES string of the molecule is C[C@H](Cc1csc2ccccc12)NS(=O)(=O)c1ccc(C#N)cc1. The van der Waals surface area contributed by atoms with Gasteiger partial charge in [-0.2, -0.15) is 5.26 Å². The number of sulfonamides is 1. The van der Waals surface area contributed by atoms with Crippen molar-refractivity contribution in [3.05, 3.63) is 65.0 Å². The standard InChI is InChI=1S/C18H16N2O2S2/c1-13(10-15-12-23-18-5-3-2-4-17(15)18)20-24(21,22)16-8-6-14(11-19)7-9-16/h2-9,12-13,20H,10H2,1H3/t13-/m1/s1. The van der Waals surface area contributed by atoms with Gasteiger partial charge in [0.1, 0.15) is 0 Å². The molecule has 3 aromatic rings. The Morgan fingerprint density at radius 3 is 2.58 bits per heavy atom. The molecule has 0 saturated heterocycles. The number of nitrogens with one attached hydrogen (secondary N) is 1. The molecule has 0 fully saturated rings. The molecule has 4 nitrogen and oxygen atoms in total. The van der Waals surface area contributed by atoms with Crippen LogP contribution in [0.2, 0.25) is 0 Å². The molecule has 2 aromatic carbocycles. The van der Waals surface area contributed by atoms with Crippen molar-refractivity contribution in [2.45, 2.75) is 24.3 Å². The molecule has 0 amide bonds. The van der Waals surface area contributed by atoms with Gasteiger partial charge in [0, 0.05) is 10.7 Å². The third-order valence-electron chi connectivity index (χ3n) is 3.74. The Hall–Kier alpha value is -2.20. The van der Waals surface area contributed by atoms with E-state index >= 15 is 0 Å². The third kappa shape index (κ3) is 3.49. The number of nitriles is 1. The molecule has 0 spiro atoms. The fourth-order valence-electron chi connectivity index (χ4n) is 2.60. The van der Waals surface area contributed by atoms with Gasteiger partial charge in [-0.25, -0.2) is 13.1 Å². The summed E-state index contributed by atoms with van der Waals surface area (Å²) in [6.07, 6.45) is 0.625. The molecular weight excluding hydrogens is 340 g/mol. The van der Waals surface area contributed by atoms with Crippen LogP contribution in [0.15, 0.2) is 58.8 Å². The Balaban J connectivity index is 1.75. The summed E-state index contributed by atoms with van der Waals surface area (Å²) in [6, 6.07) is 15.8. The first-order valence-corrected chi connectivity index (χ1v) is 9.83. The number of hydrogen-bond donors (Lipinski definition) is 1. The quantitative estimate of drug-likeness (QED) is 0.758. The van der Waals surface area contributed by atoms with Crippen LogP contribution in [0, 0.1) is 11.3 Å². The van der Waals surface area contributed by atoms with E-state index in [1.807, 2.05) is 25.1 Å². The summed E-state index contributed by atoms with van der Waals surface area (Å²) in [5, 5.41) is 12.0. The van der Waals surface area contributed by atoms with Crippen LogP contribution in [0.1, 0.15) is 18.1 Å². The number of benzene rings is 2. The lowest BCUT2D eigenvalue weighted by molar-refractivity contribution is 0.560. The molecule has 122 valence electrons. The molecule has 0 bridgehead atoms. The van der Waals surface area contributed by atoms with Crippen molar-refractivity contribution in [1.29, 1.82) is 5.26 Å². The van der Waals surface area contributed by atoms with Crippen LogP contribution in [0.4, 0.5) is 0 Å². The van der Waals surface area contributed by atoms with E-state index in [9.17, 15) is 8.42 Å². The van der Waals surface area contributed by atoms with E-state index in [-0.39, 0.29) is 10.9 Å². The summed E-state index contributed by atoms with van der Waals surface area (Å²) in [4.78, 5) is 0.170. The molecule has 0 aliphatic carbocycles. The topological polar surface area (TPSA) is 70.0 Å². The second-order valence-corrected chi connectivity index (χ2v) is 8.24. The predicted octanol–water partition coefficient (Wildman–Crippen LogP) is 3.68. The molecule has 24 heavy (non-hydrogen) atoms. The van der Waals surface area contributed by atoms with E-state index in [0.717, 1.165) is 5.56 Å². The minimum Gasteiger partial charge on any atom is -0.208 e. The van der Waals surface area contributed by atoms with Crippen LogP contribution in [-0.2, 0) is 16.4 Å². The maximum absolute atomic E-state index is 12.4. The van der Waals surface area contributed by atoms with Crippen LogP contribution in [0.3, 0.4) is 0 Å².